The zero-order valence-electron chi connectivity index (χ0n) is 24.2. The van der Waals surface area contributed by atoms with Crippen LogP contribution in [0.25, 0.3) is 22.3 Å². The Morgan fingerprint density at radius 2 is 1.52 bits per heavy atom. The van der Waals surface area contributed by atoms with E-state index in [9.17, 15) is 26.3 Å². The largest absolute Gasteiger partial charge is 0.487 e. The number of hydrogen-bond acceptors (Lipinski definition) is 3. The van der Waals surface area contributed by atoms with Gasteiger partial charge in [-0.1, -0.05) is 48.5 Å². The number of hydrogen-bond donors (Lipinski definition) is 0. The maximum Gasteiger partial charge on any atom is 0.375 e. The Balaban J connectivity index is 1.79. The second kappa shape index (κ2) is 11.6. The molecule has 222 valence electrons. The van der Waals surface area contributed by atoms with E-state index in [0.717, 1.165) is 23.4 Å². The van der Waals surface area contributed by atoms with Crippen LogP contribution in [0.2, 0.25) is 0 Å². The van der Waals surface area contributed by atoms with Gasteiger partial charge in [-0.2, -0.15) is 26.3 Å². The quantitative estimate of drug-likeness (QED) is 0.203. The lowest BCUT2D eigenvalue weighted by Crippen LogP contribution is -2.57. The predicted molar refractivity (Wildman–Crippen MR) is 146 cm³/mol. The molecule has 2 aromatic heterocycles. The van der Waals surface area contributed by atoms with Crippen LogP contribution in [0.3, 0.4) is 0 Å². The van der Waals surface area contributed by atoms with Gasteiger partial charge in [0, 0.05) is 29.1 Å². The molecular formula is C31H39F6NO2. The first-order chi connectivity index (χ1) is 18.4. The first kappa shape index (κ1) is 31.8. The fourth-order valence-electron chi connectivity index (χ4n) is 4.79. The summed E-state index contributed by atoms with van der Waals surface area (Å²) < 4.78 is 99.2. The van der Waals surface area contributed by atoms with Crippen LogP contribution in [-0.2, 0) is 12.8 Å². The number of halogens is 6. The lowest BCUT2D eigenvalue weighted by molar-refractivity contribution is -0.319. The van der Waals surface area contributed by atoms with Crippen LogP contribution in [0.4, 0.5) is 26.3 Å². The smallest absolute Gasteiger partial charge is 0.375 e. The van der Waals surface area contributed by atoms with E-state index in [4.69, 9.17) is 9.15 Å². The van der Waals surface area contributed by atoms with Gasteiger partial charge < -0.3 is 9.15 Å². The maximum atomic E-state index is 14.8. The normalized spacial score (nSPS) is 14.2. The molecule has 9 heteroatoms. The lowest BCUT2D eigenvalue weighted by Gasteiger charge is -2.37. The van der Waals surface area contributed by atoms with Crippen molar-refractivity contribution in [2.24, 2.45) is 17.3 Å². The SMILES string of the molecule is CCc1ccc(-c2cc3ccc(OCC(F)(F)C(F)(F)C(F)(F)CC(CC(C)(C)C)C(C)C)cc3o2)c(CC)n1. The van der Waals surface area contributed by atoms with Crippen molar-refractivity contribution in [1.29, 1.82) is 0 Å². The number of benzene rings is 1. The average molecular weight is 572 g/mol. The number of fused-ring (bicyclic) bond motifs is 1. The highest BCUT2D eigenvalue weighted by Gasteiger charge is 2.71. The molecule has 0 amide bonds. The highest BCUT2D eigenvalue weighted by atomic mass is 19.3. The monoisotopic (exact) mass is 571 g/mol. The fraction of sp³-hybridized carbons (Fsp3) is 0.581. The molecule has 1 aromatic carbocycles. The third-order valence-corrected chi connectivity index (χ3v) is 7.16. The molecule has 0 bridgehead atoms. The van der Waals surface area contributed by atoms with E-state index in [-0.39, 0.29) is 23.7 Å². The number of rotatable bonds is 12. The van der Waals surface area contributed by atoms with Crippen LogP contribution < -0.4 is 4.74 Å². The number of ether oxygens (including phenoxy) is 1. The van der Waals surface area contributed by atoms with Crippen LogP contribution in [0.5, 0.6) is 5.75 Å². The number of aromatic nitrogens is 1. The molecule has 0 fully saturated rings. The van der Waals surface area contributed by atoms with E-state index in [1.807, 2.05) is 26.0 Å². The molecule has 0 aliphatic carbocycles. The molecular weight excluding hydrogens is 532 g/mol. The van der Waals surface area contributed by atoms with Gasteiger partial charge in [0.2, 0.25) is 0 Å². The standard InChI is InChI=1S/C31H39F6NO2/c1-8-22-11-13-24(25(9-2)38-22)27-14-20-10-12-23(15-26(20)40-27)39-18-30(34,35)31(36,37)29(32,33)17-21(19(3)4)16-28(5,6)7/h10-15,19,21H,8-9,16-18H2,1-7H3. The number of alkyl halides is 6. The van der Waals surface area contributed by atoms with Gasteiger partial charge in [-0.25, -0.2) is 0 Å². The van der Waals surface area contributed by atoms with Crippen LogP contribution >= 0.6 is 0 Å². The molecule has 0 aliphatic rings. The second-order valence-electron chi connectivity index (χ2n) is 12.1. The van der Waals surface area contributed by atoms with Crippen molar-refractivity contribution in [2.45, 2.75) is 91.9 Å². The van der Waals surface area contributed by atoms with Gasteiger partial charge in [0.05, 0.1) is 5.69 Å². The molecule has 0 N–H and O–H groups in total. The molecule has 3 nitrogen and oxygen atoms in total. The lowest BCUT2D eigenvalue weighted by atomic mass is 9.76. The maximum absolute atomic E-state index is 14.8. The Morgan fingerprint density at radius 1 is 0.850 bits per heavy atom. The Hall–Kier alpha value is -2.71. The van der Waals surface area contributed by atoms with Gasteiger partial charge in [-0.05, 0) is 66.8 Å². The molecule has 1 atom stereocenters. The number of nitrogens with zero attached hydrogens (tertiary/aromatic N) is 1. The van der Waals surface area contributed by atoms with Crippen molar-refractivity contribution in [3.63, 3.8) is 0 Å². The molecule has 3 rings (SSSR count). The predicted octanol–water partition coefficient (Wildman–Crippen LogP) is 10.0. The fourth-order valence-corrected chi connectivity index (χ4v) is 4.79. The van der Waals surface area contributed by atoms with Crippen LogP contribution in [0.1, 0.15) is 72.7 Å². The van der Waals surface area contributed by atoms with Crippen LogP contribution in [-0.4, -0.2) is 29.4 Å². The first-order valence-electron chi connectivity index (χ1n) is 13.7. The van der Waals surface area contributed by atoms with Gasteiger partial charge >= 0.3 is 17.8 Å². The van der Waals surface area contributed by atoms with E-state index >= 15 is 0 Å². The molecule has 0 spiro atoms. The zero-order chi connectivity index (χ0) is 30.1. The molecule has 0 radical (unpaired) electrons. The van der Waals surface area contributed by atoms with Gasteiger partial charge in [-0.15, -0.1) is 0 Å². The van der Waals surface area contributed by atoms with E-state index < -0.39 is 42.1 Å². The highest BCUT2D eigenvalue weighted by molar-refractivity contribution is 5.84. The van der Waals surface area contributed by atoms with Crippen LogP contribution in [0.15, 0.2) is 40.8 Å². The number of aryl methyl sites for hydroxylation is 2. The van der Waals surface area contributed by atoms with Gasteiger partial charge in [0.1, 0.15) is 17.1 Å². The molecule has 0 saturated heterocycles. The molecule has 2 heterocycles. The van der Waals surface area contributed by atoms with E-state index in [1.165, 1.54) is 18.2 Å². The van der Waals surface area contributed by atoms with Gasteiger partial charge in [0.25, 0.3) is 0 Å². The highest BCUT2D eigenvalue weighted by Crippen LogP contribution is 2.50. The van der Waals surface area contributed by atoms with E-state index in [1.54, 1.807) is 40.7 Å². The third kappa shape index (κ3) is 6.95. The van der Waals surface area contributed by atoms with Crippen molar-refractivity contribution >= 4 is 11.0 Å². The minimum absolute atomic E-state index is 0.197. The van der Waals surface area contributed by atoms with Crippen molar-refractivity contribution in [2.75, 3.05) is 6.61 Å². The summed E-state index contributed by atoms with van der Waals surface area (Å²) in [6.07, 6.45) is 0.289. The number of pyridine rings is 1. The Bertz CT molecular complexity index is 1290. The average Bonchev–Trinajstić information content (AvgIpc) is 3.28. The first-order valence-corrected chi connectivity index (χ1v) is 13.7. The van der Waals surface area contributed by atoms with Gasteiger partial charge in [0.15, 0.2) is 6.61 Å². The van der Waals surface area contributed by atoms with E-state index in [2.05, 4.69) is 4.98 Å². The van der Waals surface area contributed by atoms with Crippen molar-refractivity contribution in [3.8, 4) is 17.1 Å². The zero-order valence-corrected chi connectivity index (χ0v) is 24.2. The molecule has 40 heavy (non-hydrogen) atoms. The minimum Gasteiger partial charge on any atom is -0.487 e. The summed E-state index contributed by atoms with van der Waals surface area (Å²) in [5.74, 6) is -16.6. The van der Waals surface area contributed by atoms with Crippen molar-refractivity contribution in [1.82, 2.24) is 4.98 Å². The molecule has 0 saturated carbocycles. The second-order valence-corrected chi connectivity index (χ2v) is 12.1. The number of furan rings is 1. The topological polar surface area (TPSA) is 35.3 Å². The Morgan fingerprint density at radius 3 is 2.10 bits per heavy atom. The summed E-state index contributed by atoms with van der Waals surface area (Å²) in [6, 6.07) is 9.66. The molecule has 0 aliphatic heterocycles. The summed E-state index contributed by atoms with van der Waals surface area (Å²) in [4.78, 5) is 4.62. The third-order valence-electron chi connectivity index (χ3n) is 7.16. The Kier molecular flexibility index (Phi) is 9.26. The van der Waals surface area contributed by atoms with Gasteiger partial charge in [-0.3, -0.25) is 4.98 Å². The van der Waals surface area contributed by atoms with Crippen LogP contribution in [0, 0.1) is 17.3 Å². The summed E-state index contributed by atoms with van der Waals surface area (Å²) in [5, 5.41) is 0.631. The summed E-state index contributed by atoms with van der Waals surface area (Å²) in [6.45, 7) is 10.7. The summed E-state index contributed by atoms with van der Waals surface area (Å²) >= 11 is 0. The van der Waals surface area contributed by atoms with Crippen molar-refractivity contribution in [3.05, 3.63) is 47.8 Å². The van der Waals surface area contributed by atoms with Crippen molar-refractivity contribution < 1.29 is 35.5 Å². The molecule has 1 unspecified atom stereocenters. The minimum atomic E-state index is -5.61. The summed E-state index contributed by atoms with van der Waals surface area (Å²) in [5.41, 5.74) is 2.39. The Labute approximate surface area is 232 Å². The molecule has 3 aromatic rings. The summed E-state index contributed by atoms with van der Waals surface area (Å²) in [7, 11) is 0. The van der Waals surface area contributed by atoms with E-state index in [0.29, 0.717) is 17.6 Å².